The van der Waals surface area contributed by atoms with Gasteiger partial charge in [0, 0.05) is 16.5 Å². The lowest BCUT2D eigenvalue weighted by Gasteiger charge is -2.27. The lowest BCUT2D eigenvalue weighted by Crippen LogP contribution is -2.32. The Hall–Kier alpha value is -3.35. The molecular formula is C24H21N3O4. The molecule has 2 unspecified atom stereocenters. The van der Waals surface area contributed by atoms with Gasteiger partial charge in [0.25, 0.3) is 5.56 Å². The number of benzene rings is 1. The molecular weight excluding hydrogens is 394 g/mol. The lowest BCUT2D eigenvalue weighted by atomic mass is 9.78. The molecule has 0 fully saturated rings. The Morgan fingerprint density at radius 2 is 1.97 bits per heavy atom. The molecule has 3 aliphatic rings. The second kappa shape index (κ2) is 6.09. The van der Waals surface area contributed by atoms with Gasteiger partial charge in [0.15, 0.2) is 0 Å². The molecule has 7 nitrogen and oxygen atoms in total. The van der Waals surface area contributed by atoms with Crippen LogP contribution in [0.3, 0.4) is 0 Å². The highest BCUT2D eigenvalue weighted by Gasteiger charge is 2.37. The van der Waals surface area contributed by atoms with Crippen LogP contribution in [0.5, 0.6) is 0 Å². The first-order chi connectivity index (χ1) is 14.9. The molecule has 3 aromatic rings. The van der Waals surface area contributed by atoms with Crippen molar-refractivity contribution in [3.63, 3.8) is 0 Å². The van der Waals surface area contributed by atoms with Crippen LogP contribution in [0.4, 0.5) is 0 Å². The topological polar surface area (TPSA) is 90.6 Å². The maximum Gasteiger partial charge on any atom is 0.339 e. The number of carbonyl (C=O) groups is 1. The molecule has 2 atom stereocenters. The second-order valence-electron chi connectivity index (χ2n) is 8.95. The van der Waals surface area contributed by atoms with Crippen LogP contribution in [0, 0.1) is 18.8 Å². The van der Waals surface area contributed by atoms with Crippen molar-refractivity contribution in [3.05, 3.63) is 66.3 Å². The van der Waals surface area contributed by atoms with Crippen molar-refractivity contribution in [1.29, 1.82) is 0 Å². The second-order valence-corrected chi connectivity index (χ2v) is 8.95. The van der Waals surface area contributed by atoms with Gasteiger partial charge in [0.2, 0.25) is 6.04 Å². The highest BCUT2D eigenvalue weighted by atomic mass is 16.5. The molecule has 2 aromatic heterocycles. The Labute approximate surface area is 178 Å². The van der Waals surface area contributed by atoms with Crippen LogP contribution >= 0.6 is 0 Å². The van der Waals surface area contributed by atoms with Crippen LogP contribution in [0.2, 0.25) is 0 Å². The molecule has 7 heteroatoms. The monoisotopic (exact) mass is 415 g/mol. The van der Waals surface area contributed by atoms with Gasteiger partial charge in [-0.05, 0) is 72.2 Å². The van der Waals surface area contributed by atoms with Crippen molar-refractivity contribution < 1.29 is 9.53 Å². The molecule has 156 valence electrons. The Morgan fingerprint density at radius 3 is 2.74 bits per heavy atom. The molecule has 1 aliphatic carbocycles. The summed E-state index contributed by atoms with van der Waals surface area (Å²) in [6.45, 7) is 6.84. The van der Waals surface area contributed by atoms with E-state index in [0.717, 1.165) is 29.6 Å². The van der Waals surface area contributed by atoms with Crippen molar-refractivity contribution in [3.8, 4) is 11.4 Å². The van der Waals surface area contributed by atoms with Crippen LogP contribution in [-0.2, 0) is 29.1 Å². The van der Waals surface area contributed by atoms with E-state index in [1.807, 2.05) is 0 Å². The Balaban J connectivity index is 1.70. The van der Waals surface area contributed by atoms with Crippen LogP contribution in [-0.4, -0.2) is 15.5 Å². The number of nitroso groups, excluding NO2 is 1. The number of aromatic nitrogens is 2. The average molecular weight is 415 g/mol. The van der Waals surface area contributed by atoms with Gasteiger partial charge in [-0.2, -0.15) is 0 Å². The third-order valence-electron chi connectivity index (χ3n) is 7.36. The first-order valence-corrected chi connectivity index (χ1v) is 10.6. The molecule has 0 radical (unpaired) electrons. The average Bonchev–Trinajstić information content (AvgIpc) is 3.11. The highest BCUT2D eigenvalue weighted by Crippen LogP contribution is 2.45. The van der Waals surface area contributed by atoms with E-state index in [-0.39, 0.29) is 12.2 Å². The van der Waals surface area contributed by atoms with E-state index < -0.39 is 12.0 Å². The summed E-state index contributed by atoms with van der Waals surface area (Å²) in [7, 11) is 0. The number of carbonyl (C=O) groups excluding carboxylic acids is 1. The number of ether oxygens (including phenoxy) is 1. The van der Waals surface area contributed by atoms with Gasteiger partial charge in [-0.1, -0.05) is 6.92 Å². The van der Waals surface area contributed by atoms with E-state index in [9.17, 15) is 14.5 Å². The normalized spacial score (nSPS) is 20.8. The van der Waals surface area contributed by atoms with Crippen LogP contribution in [0.15, 0.2) is 22.1 Å². The first kappa shape index (κ1) is 18.4. The fourth-order valence-electron chi connectivity index (χ4n) is 5.61. The van der Waals surface area contributed by atoms with Crippen LogP contribution < -0.4 is 5.56 Å². The smallest absolute Gasteiger partial charge is 0.339 e. The largest absolute Gasteiger partial charge is 0.459 e. The summed E-state index contributed by atoms with van der Waals surface area (Å²) in [6.07, 6.45) is 2.09. The van der Waals surface area contributed by atoms with Crippen LogP contribution in [0.25, 0.3) is 22.3 Å². The van der Waals surface area contributed by atoms with Gasteiger partial charge in [-0.25, -0.2) is 9.78 Å². The number of cyclic esters (lactones) is 1. The summed E-state index contributed by atoms with van der Waals surface area (Å²) >= 11 is 0. The molecule has 6 rings (SSSR count). The predicted molar refractivity (Wildman–Crippen MR) is 115 cm³/mol. The van der Waals surface area contributed by atoms with Gasteiger partial charge in [-0.3, -0.25) is 4.79 Å². The Bertz CT molecular complexity index is 1420. The summed E-state index contributed by atoms with van der Waals surface area (Å²) in [5.41, 5.74) is 9.07. The third kappa shape index (κ3) is 2.26. The molecule has 0 spiro atoms. The fraction of sp³-hybridized carbons (Fsp3) is 0.375. The fourth-order valence-corrected chi connectivity index (χ4v) is 5.61. The molecule has 0 N–H and O–H groups in total. The number of rotatable bonds is 1. The maximum atomic E-state index is 13.3. The van der Waals surface area contributed by atoms with Gasteiger partial charge >= 0.3 is 5.97 Å². The van der Waals surface area contributed by atoms with E-state index in [0.29, 0.717) is 29.3 Å². The zero-order chi connectivity index (χ0) is 21.6. The van der Waals surface area contributed by atoms with Gasteiger partial charge in [0.1, 0.15) is 6.61 Å². The molecule has 31 heavy (non-hydrogen) atoms. The lowest BCUT2D eigenvalue weighted by molar-refractivity contribution is -0.148. The van der Waals surface area contributed by atoms with Crippen molar-refractivity contribution >= 4 is 16.9 Å². The summed E-state index contributed by atoms with van der Waals surface area (Å²) < 4.78 is 6.74. The van der Waals surface area contributed by atoms with E-state index in [2.05, 4.69) is 32.0 Å². The summed E-state index contributed by atoms with van der Waals surface area (Å²) in [5.74, 6) is -0.348. The number of nitrogens with zero attached hydrogens (tertiary/aromatic N) is 3. The predicted octanol–water partition coefficient (Wildman–Crippen LogP) is 3.96. The molecule has 0 saturated heterocycles. The Kier molecular flexibility index (Phi) is 3.62. The maximum absolute atomic E-state index is 13.3. The van der Waals surface area contributed by atoms with Crippen molar-refractivity contribution in [1.82, 2.24) is 9.55 Å². The quantitative estimate of drug-likeness (QED) is 0.347. The standard InChI is InChI=1S/C24H21N3O4/c1-10-4-5-13-12(3)11(2)6-17-20(13)19(10)15-8-27-18(21(15)25-17)7-14-16(23(27)28)9-31-24(29)22(14)26-30/h6-7,10,22H,4-5,8-9H2,1-3H3. The van der Waals surface area contributed by atoms with E-state index in [1.54, 1.807) is 10.6 Å². The molecule has 1 aromatic carbocycles. The minimum absolute atomic E-state index is 0.128. The van der Waals surface area contributed by atoms with Crippen molar-refractivity contribution in [2.45, 2.75) is 58.7 Å². The number of aryl methyl sites for hydroxylation is 2. The van der Waals surface area contributed by atoms with E-state index in [1.165, 1.54) is 27.6 Å². The Morgan fingerprint density at radius 1 is 1.16 bits per heavy atom. The van der Waals surface area contributed by atoms with Gasteiger partial charge in [-0.15, -0.1) is 4.91 Å². The number of esters is 1. The van der Waals surface area contributed by atoms with Gasteiger partial charge in [0.05, 0.1) is 29.0 Å². The molecule has 2 aliphatic heterocycles. The molecule has 0 amide bonds. The van der Waals surface area contributed by atoms with Gasteiger partial charge < -0.3 is 9.30 Å². The van der Waals surface area contributed by atoms with Crippen molar-refractivity contribution in [2.75, 3.05) is 0 Å². The summed E-state index contributed by atoms with van der Waals surface area (Å²) in [5, 5.41) is 4.17. The van der Waals surface area contributed by atoms with E-state index >= 15 is 0 Å². The number of pyridine rings is 2. The van der Waals surface area contributed by atoms with Crippen LogP contribution in [0.1, 0.15) is 64.2 Å². The minimum Gasteiger partial charge on any atom is -0.459 e. The summed E-state index contributed by atoms with van der Waals surface area (Å²) in [4.78, 5) is 41.7. The molecule has 0 bridgehead atoms. The number of hydrogen-bond donors (Lipinski definition) is 0. The number of hydrogen-bond acceptors (Lipinski definition) is 6. The van der Waals surface area contributed by atoms with E-state index in [4.69, 9.17) is 9.72 Å². The molecule has 4 heterocycles. The minimum atomic E-state index is -1.30. The number of fused-ring (bicyclic) bond motifs is 5. The third-order valence-corrected chi connectivity index (χ3v) is 7.36. The highest BCUT2D eigenvalue weighted by molar-refractivity contribution is 5.93. The SMILES string of the molecule is Cc1cc2nc3c(c4c2c(c1C)CCC4C)Cn1c-3cc2c(c1=O)COC(=O)C2N=O. The zero-order valence-electron chi connectivity index (χ0n) is 17.6. The first-order valence-electron chi connectivity index (χ1n) is 10.6. The zero-order valence-corrected chi connectivity index (χ0v) is 17.6. The van der Waals surface area contributed by atoms with Crippen molar-refractivity contribution in [2.24, 2.45) is 5.18 Å². The summed E-state index contributed by atoms with van der Waals surface area (Å²) in [6, 6.07) is 2.57. The molecule has 0 saturated carbocycles.